The third-order valence-electron chi connectivity index (χ3n) is 4.90. The van der Waals surface area contributed by atoms with E-state index in [0.717, 1.165) is 5.52 Å². The first-order chi connectivity index (χ1) is 14.5. The summed E-state index contributed by atoms with van der Waals surface area (Å²) < 4.78 is 21.9. The standard InChI is InChI=1S/C21H15ClFN5O2/c1-11(2)28-17-14(22)4-3-5-15(17)27-10-24-16(18(27)21(28)29)20-25-19(26-30-20)12-6-8-13(23)9-7-12/h3-11H,1-2H3. The molecule has 0 fully saturated rings. The molecule has 0 bridgehead atoms. The van der Waals surface area contributed by atoms with E-state index >= 15 is 0 Å². The Morgan fingerprint density at radius 2 is 1.87 bits per heavy atom. The minimum absolute atomic E-state index is 0.102. The smallest absolute Gasteiger partial charge is 0.279 e. The molecule has 3 heterocycles. The van der Waals surface area contributed by atoms with Gasteiger partial charge in [0.2, 0.25) is 5.82 Å². The summed E-state index contributed by atoms with van der Waals surface area (Å²) in [6, 6.07) is 11.0. The molecule has 0 amide bonds. The van der Waals surface area contributed by atoms with Crippen molar-refractivity contribution in [3.8, 4) is 23.0 Å². The predicted molar refractivity (Wildman–Crippen MR) is 111 cm³/mol. The van der Waals surface area contributed by atoms with Crippen LogP contribution in [0.3, 0.4) is 0 Å². The van der Waals surface area contributed by atoms with E-state index in [2.05, 4.69) is 15.1 Å². The van der Waals surface area contributed by atoms with Crippen molar-refractivity contribution in [3.05, 3.63) is 70.0 Å². The molecule has 0 radical (unpaired) electrons. The van der Waals surface area contributed by atoms with E-state index in [0.29, 0.717) is 21.6 Å². The largest absolute Gasteiger partial charge is 0.332 e. The number of hydrogen-bond acceptors (Lipinski definition) is 5. The van der Waals surface area contributed by atoms with Crippen LogP contribution in [-0.4, -0.2) is 24.1 Å². The fourth-order valence-corrected chi connectivity index (χ4v) is 3.83. The predicted octanol–water partition coefficient (Wildman–Crippen LogP) is 4.74. The van der Waals surface area contributed by atoms with Gasteiger partial charge < -0.3 is 9.09 Å². The van der Waals surface area contributed by atoms with E-state index < -0.39 is 0 Å². The Kier molecular flexibility index (Phi) is 4.18. The Bertz CT molecular complexity index is 1470. The van der Waals surface area contributed by atoms with Crippen LogP contribution in [0, 0.1) is 5.82 Å². The third kappa shape index (κ3) is 2.72. The van der Waals surface area contributed by atoms with Crippen molar-refractivity contribution in [3.63, 3.8) is 0 Å². The zero-order valence-corrected chi connectivity index (χ0v) is 16.8. The number of imidazole rings is 1. The minimum atomic E-state index is -0.359. The summed E-state index contributed by atoms with van der Waals surface area (Å²) in [5, 5.41) is 4.43. The maximum atomic E-state index is 13.4. The monoisotopic (exact) mass is 423 g/mol. The molecule has 30 heavy (non-hydrogen) atoms. The quantitative estimate of drug-likeness (QED) is 0.419. The number of para-hydroxylation sites is 1. The van der Waals surface area contributed by atoms with E-state index in [1.807, 2.05) is 26.0 Å². The molecule has 150 valence electrons. The van der Waals surface area contributed by atoms with Gasteiger partial charge in [-0.15, -0.1) is 0 Å². The Morgan fingerprint density at radius 3 is 2.60 bits per heavy atom. The van der Waals surface area contributed by atoms with Gasteiger partial charge in [-0.1, -0.05) is 22.8 Å². The van der Waals surface area contributed by atoms with Gasteiger partial charge >= 0.3 is 0 Å². The molecule has 0 spiro atoms. The average Bonchev–Trinajstić information content (AvgIpc) is 3.36. The van der Waals surface area contributed by atoms with Gasteiger partial charge in [0.1, 0.15) is 17.7 Å². The van der Waals surface area contributed by atoms with E-state index in [1.54, 1.807) is 27.2 Å². The third-order valence-corrected chi connectivity index (χ3v) is 5.21. The molecule has 7 nitrogen and oxygen atoms in total. The number of halogens is 2. The van der Waals surface area contributed by atoms with Crippen LogP contribution in [0.2, 0.25) is 5.02 Å². The molecule has 0 aliphatic heterocycles. The number of nitrogens with zero attached hydrogens (tertiary/aromatic N) is 5. The van der Waals surface area contributed by atoms with Crippen LogP contribution < -0.4 is 5.56 Å². The van der Waals surface area contributed by atoms with Crippen LogP contribution in [0.1, 0.15) is 19.9 Å². The summed E-state index contributed by atoms with van der Waals surface area (Å²) in [7, 11) is 0. The summed E-state index contributed by atoms with van der Waals surface area (Å²) in [5.74, 6) is 0.0205. The highest BCUT2D eigenvalue weighted by Crippen LogP contribution is 2.29. The lowest BCUT2D eigenvalue weighted by molar-refractivity contribution is 0.431. The zero-order valence-electron chi connectivity index (χ0n) is 16.0. The van der Waals surface area contributed by atoms with Gasteiger partial charge in [-0.2, -0.15) is 4.98 Å². The average molecular weight is 424 g/mol. The van der Waals surface area contributed by atoms with E-state index in [-0.39, 0.29) is 34.8 Å². The Labute approximate surface area is 174 Å². The van der Waals surface area contributed by atoms with E-state index in [1.165, 1.54) is 18.5 Å². The normalized spacial score (nSPS) is 11.8. The first kappa shape index (κ1) is 18.5. The van der Waals surface area contributed by atoms with Crippen molar-refractivity contribution in [2.75, 3.05) is 0 Å². The molecule has 5 aromatic rings. The second-order valence-corrected chi connectivity index (χ2v) is 7.53. The maximum Gasteiger partial charge on any atom is 0.279 e. The highest BCUT2D eigenvalue weighted by molar-refractivity contribution is 6.35. The molecule has 0 atom stereocenters. The molecule has 0 saturated carbocycles. The topological polar surface area (TPSA) is 78.2 Å². The van der Waals surface area contributed by atoms with Crippen molar-refractivity contribution in [2.45, 2.75) is 19.9 Å². The van der Waals surface area contributed by atoms with Crippen molar-refractivity contribution in [1.29, 1.82) is 0 Å². The van der Waals surface area contributed by atoms with Crippen LogP contribution in [0.25, 0.3) is 39.5 Å². The van der Waals surface area contributed by atoms with Gasteiger partial charge in [-0.3, -0.25) is 9.20 Å². The van der Waals surface area contributed by atoms with E-state index in [9.17, 15) is 9.18 Å². The van der Waals surface area contributed by atoms with Crippen LogP contribution in [0.4, 0.5) is 4.39 Å². The number of benzene rings is 2. The van der Waals surface area contributed by atoms with Crippen LogP contribution >= 0.6 is 11.6 Å². The lowest BCUT2D eigenvalue weighted by atomic mass is 10.2. The summed E-state index contributed by atoms with van der Waals surface area (Å²) in [6.45, 7) is 3.83. The highest BCUT2D eigenvalue weighted by atomic mass is 35.5. The summed E-state index contributed by atoms with van der Waals surface area (Å²) in [6.07, 6.45) is 1.54. The van der Waals surface area contributed by atoms with Crippen LogP contribution in [0.15, 0.2) is 58.1 Å². The molecule has 0 saturated heterocycles. The van der Waals surface area contributed by atoms with Crippen molar-refractivity contribution in [2.24, 2.45) is 0 Å². The molecular weight excluding hydrogens is 409 g/mol. The van der Waals surface area contributed by atoms with Crippen molar-refractivity contribution in [1.82, 2.24) is 24.1 Å². The minimum Gasteiger partial charge on any atom is -0.332 e. The lowest BCUT2D eigenvalue weighted by Gasteiger charge is -2.16. The van der Waals surface area contributed by atoms with Gasteiger partial charge in [-0.25, -0.2) is 9.37 Å². The lowest BCUT2D eigenvalue weighted by Crippen LogP contribution is -2.25. The zero-order chi connectivity index (χ0) is 21.0. The molecule has 5 rings (SSSR count). The molecule has 3 aromatic heterocycles. The maximum absolute atomic E-state index is 13.4. The first-order valence-electron chi connectivity index (χ1n) is 9.25. The highest BCUT2D eigenvalue weighted by Gasteiger charge is 2.23. The molecule has 0 unspecified atom stereocenters. The second kappa shape index (κ2) is 6.77. The van der Waals surface area contributed by atoms with Gasteiger partial charge in [0, 0.05) is 11.6 Å². The van der Waals surface area contributed by atoms with Gasteiger partial charge in [0.15, 0.2) is 5.69 Å². The summed E-state index contributed by atoms with van der Waals surface area (Å²) in [4.78, 5) is 22.2. The Hall–Kier alpha value is -3.52. The fraction of sp³-hybridized carbons (Fsp3) is 0.143. The Morgan fingerprint density at radius 1 is 1.10 bits per heavy atom. The summed E-state index contributed by atoms with van der Waals surface area (Å²) >= 11 is 6.42. The molecule has 0 aliphatic carbocycles. The SMILES string of the molecule is CC(C)n1c(=O)c2c(-c3nc(-c4ccc(F)cc4)no3)ncn2c2cccc(Cl)c21. The van der Waals surface area contributed by atoms with Crippen molar-refractivity contribution < 1.29 is 8.91 Å². The van der Waals surface area contributed by atoms with Gasteiger partial charge in [-0.05, 0) is 50.2 Å². The summed E-state index contributed by atoms with van der Waals surface area (Å²) in [5.41, 5.74) is 2.28. The molecular formula is C21H15ClFN5O2. The van der Waals surface area contributed by atoms with Crippen LogP contribution in [0.5, 0.6) is 0 Å². The van der Waals surface area contributed by atoms with Gasteiger partial charge in [0.25, 0.3) is 11.4 Å². The number of fused-ring (bicyclic) bond motifs is 3. The second-order valence-electron chi connectivity index (χ2n) is 7.12. The molecule has 9 heteroatoms. The van der Waals surface area contributed by atoms with Gasteiger partial charge in [0.05, 0.1) is 16.1 Å². The van der Waals surface area contributed by atoms with Crippen LogP contribution in [-0.2, 0) is 0 Å². The number of aromatic nitrogens is 5. The Balaban J connectivity index is 1.77. The van der Waals surface area contributed by atoms with E-state index in [4.69, 9.17) is 16.1 Å². The number of hydrogen-bond donors (Lipinski definition) is 0. The first-order valence-corrected chi connectivity index (χ1v) is 9.63. The number of rotatable bonds is 3. The fourth-order valence-electron chi connectivity index (χ4n) is 3.57. The molecule has 2 aromatic carbocycles. The molecule has 0 aliphatic rings. The molecule has 0 N–H and O–H groups in total. The van der Waals surface area contributed by atoms with Crippen molar-refractivity contribution >= 4 is 28.2 Å².